The molecule has 4 nitrogen and oxygen atoms in total. The minimum Gasteiger partial charge on any atom is -0.329 e. The Morgan fingerprint density at radius 3 is 2.22 bits per heavy atom. The lowest BCUT2D eigenvalue weighted by Gasteiger charge is -2.22. The average Bonchev–Trinajstić information content (AvgIpc) is 2.62. The van der Waals surface area contributed by atoms with Crippen molar-refractivity contribution in [2.24, 2.45) is 0 Å². The first-order chi connectivity index (χ1) is 12.7. The number of para-hydroxylation sites is 1. The SMILES string of the molecule is CCCN(CC(=O)Nc1ccccc1C)C(=O)c1ccc(C(F)(F)F)cc1. The molecule has 0 aliphatic carbocycles. The molecule has 2 amide bonds. The number of hydrogen-bond donors (Lipinski definition) is 1. The summed E-state index contributed by atoms with van der Waals surface area (Å²) in [6, 6.07) is 11.2. The lowest BCUT2D eigenvalue weighted by Crippen LogP contribution is -2.38. The number of halogens is 3. The summed E-state index contributed by atoms with van der Waals surface area (Å²) < 4.78 is 38.0. The van der Waals surface area contributed by atoms with Gasteiger partial charge in [0.15, 0.2) is 0 Å². The van der Waals surface area contributed by atoms with Crippen LogP contribution in [0.5, 0.6) is 0 Å². The van der Waals surface area contributed by atoms with E-state index in [2.05, 4.69) is 5.32 Å². The molecule has 0 spiro atoms. The number of hydrogen-bond acceptors (Lipinski definition) is 2. The predicted octanol–water partition coefficient (Wildman–Crippen LogP) is 4.50. The van der Waals surface area contributed by atoms with Gasteiger partial charge in [0.05, 0.1) is 5.56 Å². The first kappa shape index (κ1) is 20.5. The van der Waals surface area contributed by atoms with Gasteiger partial charge in [-0.05, 0) is 49.2 Å². The lowest BCUT2D eigenvalue weighted by atomic mass is 10.1. The second kappa shape index (κ2) is 8.70. The molecule has 27 heavy (non-hydrogen) atoms. The Hall–Kier alpha value is -2.83. The summed E-state index contributed by atoms with van der Waals surface area (Å²) in [7, 11) is 0. The summed E-state index contributed by atoms with van der Waals surface area (Å²) in [5, 5.41) is 2.75. The van der Waals surface area contributed by atoms with Crippen LogP contribution >= 0.6 is 0 Å². The highest BCUT2D eigenvalue weighted by Crippen LogP contribution is 2.29. The summed E-state index contributed by atoms with van der Waals surface area (Å²) in [4.78, 5) is 26.3. The van der Waals surface area contributed by atoms with Gasteiger partial charge in [-0.1, -0.05) is 25.1 Å². The number of anilines is 1. The second-order valence-electron chi connectivity index (χ2n) is 6.16. The Labute approximate surface area is 156 Å². The molecule has 0 bridgehead atoms. The highest BCUT2D eigenvalue weighted by Gasteiger charge is 2.30. The van der Waals surface area contributed by atoms with Crippen LogP contribution in [0.3, 0.4) is 0 Å². The maximum absolute atomic E-state index is 12.7. The molecule has 0 saturated heterocycles. The zero-order valence-electron chi connectivity index (χ0n) is 15.1. The van der Waals surface area contributed by atoms with Crippen LogP contribution in [0.2, 0.25) is 0 Å². The van der Waals surface area contributed by atoms with E-state index < -0.39 is 17.6 Å². The van der Waals surface area contributed by atoms with Crippen molar-refractivity contribution in [2.75, 3.05) is 18.4 Å². The van der Waals surface area contributed by atoms with E-state index in [1.807, 2.05) is 26.0 Å². The van der Waals surface area contributed by atoms with Crippen molar-refractivity contribution in [1.82, 2.24) is 4.90 Å². The summed E-state index contributed by atoms with van der Waals surface area (Å²) in [5.41, 5.74) is 0.835. The number of nitrogens with zero attached hydrogens (tertiary/aromatic N) is 1. The first-order valence-electron chi connectivity index (χ1n) is 8.54. The third kappa shape index (κ3) is 5.57. The van der Waals surface area contributed by atoms with E-state index >= 15 is 0 Å². The predicted molar refractivity (Wildman–Crippen MR) is 97.4 cm³/mol. The van der Waals surface area contributed by atoms with Crippen molar-refractivity contribution in [1.29, 1.82) is 0 Å². The van der Waals surface area contributed by atoms with Crippen LogP contribution in [-0.2, 0) is 11.0 Å². The number of rotatable bonds is 6. The van der Waals surface area contributed by atoms with Crippen molar-refractivity contribution >= 4 is 17.5 Å². The van der Waals surface area contributed by atoms with Gasteiger partial charge in [0.1, 0.15) is 6.54 Å². The smallest absolute Gasteiger partial charge is 0.329 e. The molecule has 0 heterocycles. The largest absolute Gasteiger partial charge is 0.416 e. The Kier molecular flexibility index (Phi) is 6.60. The third-order valence-electron chi connectivity index (χ3n) is 3.99. The molecule has 0 saturated carbocycles. The molecule has 0 unspecified atom stereocenters. The molecule has 2 rings (SSSR count). The van der Waals surface area contributed by atoms with Crippen LogP contribution in [0.25, 0.3) is 0 Å². The molecule has 0 aromatic heterocycles. The number of carbonyl (C=O) groups excluding carboxylic acids is 2. The zero-order chi connectivity index (χ0) is 20.0. The van der Waals surface area contributed by atoms with Crippen LogP contribution in [0.4, 0.5) is 18.9 Å². The summed E-state index contributed by atoms with van der Waals surface area (Å²) in [6.07, 6.45) is -3.85. The van der Waals surface area contributed by atoms with Crippen molar-refractivity contribution in [3.05, 3.63) is 65.2 Å². The Balaban J connectivity index is 2.10. The van der Waals surface area contributed by atoms with E-state index in [1.54, 1.807) is 12.1 Å². The van der Waals surface area contributed by atoms with E-state index in [1.165, 1.54) is 4.90 Å². The monoisotopic (exact) mass is 378 g/mol. The molecule has 1 N–H and O–H groups in total. The standard InChI is InChI=1S/C20H21F3N2O2/c1-3-12-25(13-18(26)24-17-7-5-4-6-14(17)2)19(27)15-8-10-16(11-9-15)20(21,22)23/h4-11H,3,12-13H2,1-2H3,(H,24,26). The van der Waals surface area contributed by atoms with Crippen LogP contribution in [0, 0.1) is 6.92 Å². The maximum Gasteiger partial charge on any atom is 0.416 e. The fourth-order valence-corrected chi connectivity index (χ4v) is 2.58. The van der Waals surface area contributed by atoms with Gasteiger partial charge in [-0.15, -0.1) is 0 Å². The van der Waals surface area contributed by atoms with Gasteiger partial charge in [0.25, 0.3) is 5.91 Å². The fourth-order valence-electron chi connectivity index (χ4n) is 2.58. The van der Waals surface area contributed by atoms with Crippen molar-refractivity contribution in [3.8, 4) is 0 Å². The molecule has 0 aliphatic heterocycles. The van der Waals surface area contributed by atoms with E-state index in [-0.39, 0.29) is 18.0 Å². The summed E-state index contributed by atoms with van der Waals surface area (Å²) in [6.45, 7) is 3.85. The normalized spacial score (nSPS) is 11.1. The fraction of sp³-hybridized carbons (Fsp3) is 0.300. The first-order valence-corrected chi connectivity index (χ1v) is 8.54. The molecule has 0 radical (unpaired) electrons. The Morgan fingerprint density at radius 2 is 1.67 bits per heavy atom. The van der Waals surface area contributed by atoms with Gasteiger partial charge in [0.2, 0.25) is 5.91 Å². The second-order valence-corrected chi connectivity index (χ2v) is 6.16. The molecule has 0 aliphatic rings. The van der Waals surface area contributed by atoms with E-state index in [0.717, 1.165) is 29.8 Å². The molecule has 2 aromatic carbocycles. The van der Waals surface area contributed by atoms with E-state index in [4.69, 9.17) is 0 Å². The highest BCUT2D eigenvalue weighted by molar-refractivity contribution is 5.99. The number of nitrogens with one attached hydrogen (secondary N) is 1. The molecule has 7 heteroatoms. The van der Waals surface area contributed by atoms with Crippen LogP contribution < -0.4 is 5.32 Å². The number of alkyl halides is 3. The van der Waals surface area contributed by atoms with Crippen LogP contribution in [0.15, 0.2) is 48.5 Å². The Bertz CT molecular complexity index is 802. The third-order valence-corrected chi connectivity index (χ3v) is 3.99. The molecule has 0 fully saturated rings. The Morgan fingerprint density at radius 1 is 1.04 bits per heavy atom. The van der Waals surface area contributed by atoms with Crippen molar-refractivity contribution in [2.45, 2.75) is 26.4 Å². The number of carbonyl (C=O) groups is 2. The van der Waals surface area contributed by atoms with Gasteiger partial charge in [-0.25, -0.2) is 0 Å². The molecular formula is C20H21F3N2O2. The quantitative estimate of drug-likeness (QED) is 0.804. The highest BCUT2D eigenvalue weighted by atomic mass is 19.4. The molecule has 2 aromatic rings. The number of aryl methyl sites for hydroxylation is 1. The van der Waals surface area contributed by atoms with E-state index in [0.29, 0.717) is 18.7 Å². The molecule has 0 atom stereocenters. The number of benzene rings is 2. The summed E-state index contributed by atoms with van der Waals surface area (Å²) >= 11 is 0. The summed E-state index contributed by atoms with van der Waals surface area (Å²) in [5.74, 6) is -0.844. The lowest BCUT2D eigenvalue weighted by molar-refractivity contribution is -0.137. The van der Waals surface area contributed by atoms with Crippen LogP contribution in [0.1, 0.15) is 34.8 Å². The average molecular weight is 378 g/mol. The van der Waals surface area contributed by atoms with Gasteiger partial charge < -0.3 is 10.2 Å². The van der Waals surface area contributed by atoms with Crippen LogP contribution in [-0.4, -0.2) is 29.8 Å². The minimum absolute atomic E-state index is 0.111. The van der Waals surface area contributed by atoms with Gasteiger partial charge in [0, 0.05) is 17.8 Å². The van der Waals surface area contributed by atoms with E-state index in [9.17, 15) is 22.8 Å². The zero-order valence-corrected chi connectivity index (χ0v) is 15.1. The topological polar surface area (TPSA) is 49.4 Å². The van der Waals surface area contributed by atoms with Crippen molar-refractivity contribution < 1.29 is 22.8 Å². The maximum atomic E-state index is 12.7. The molecular weight excluding hydrogens is 357 g/mol. The van der Waals surface area contributed by atoms with Gasteiger partial charge in [-0.3, -0.25) is 9.59 Å². The van der Waals surface area contributed by atoms with Gasteiger partial charge in [-0.2, -0.15) is 13.2 Å². The molecule has 144 valence electrons. The van der Waals surface area contributed by atoms with Crippen molar-refractivity contribution in [3.63, 3.8) is 0 Å². The van der Waals surface area contributed by atoms with Gasteiger partial charge >= 0.3 is 6.18 Å². The minimum atomic E-state index is -4.46. The number of amides is 2.